The summed E-state index contributed by atoms with van der Waals surface area (Å²) in [6.45, 7) is 0. The molecule has 0 unspecified atom stereocenters. The van der Waals surface area contributed by atoms with Gasteiger partial charge in [0.15, 0.2) is 0 Å². The van der Waals surface area contributed by atoms with E-state index in [-0.39, 0.29) is 18.1 Å². The molecule has 0 spiro atoms. The molecule has 0 radical (unpaired) electrons. The first kappa shape index (κ1) is 8.73. The van der Waals surface area contributed by atoms with Gasteiger partial charge in [0.05, 0.1) is 12.1 Å². The standard InChI is InChI=1S/C6H6ClN3O2/c7-4(11)1-3-2-5(12)10-6(8)9-3/h2H,1H2,(H3,8,9,10,12). The summed E-state index contributed by atoms with van der Waals surface area (Å²) in [5, 5.41) is -0.576. The Labute approximate surface area is 72.6 Å². The van der Waals surface area contributed by atoms with Gasteiger partial charge in [-0.3, -0.25) is 14.6 Å². The first-order chi connectivity index (χ1) is 5.58. The molecule has 1 heterocycles. The van der Waals surface area contributed by atoms with Crippen molar-refractivity contribution in [3.8, 4) is 0 Å². The van der Waals surface area contributed by atoms with Gasteiger partial charge in [0.25, 0.3) is 5.56 Å². The minimum atomic E-state index is -0.576. The molecule has 1 aromatic heterocycles. The second-order valence-electron chi connectivity index (χ2n) is 2.15. The number of hydrogen-bond donors (Lipinski definition) is 2. The summed E-state index contributed by atoms with van der Waals surface area (Å²) in [5.41, 5.74) is 5.10. The zero-order chi connectivity index (χ0) is 9.14. The molecule has 0 aliphatic carbocycles. The van der Waals surface area contributed by atoms with Crippen molar-refractivity contribution in [2.75, 3.05) is 5.73 Å². The number of rotatable bonds is 2. The second-order valence-corrected chi connectivity index (χ2v) is 2.58. The van der Waals surface area contributed by atoms with Gasteiger partial charge < -0.3 is 5.73 Å². The molecular formula is C6H6ClN3O2. The van der Waals surface area contributed by atoms with E-state index in [0.29, 0.717) is 0 Å². The first-order valence-corrected chi connectivity index (χ1v) is 3.50. The summed E-state index contributed by atoms with van der Waals surface area (Å²) in [6.07, 6.45) is -0.0876. The summed E-state index contributed by atoms with van der Waals surface area (Å²) in [5.74, 6) is -0.0181. The number of H-pyrrole nitrogens is 1. The van der Waals surface area contributed by atoms with Crippen LogP contribution in [0.2, 0.25) is 0 Å². The van der Waals surface area contributed by atoms with E-state index >= 15 is 0 Å². The van der Waals surface area contributed by atoms with E-state index < -0.39 is 10.8 Å². The van der Waals surface area contributed by atoms with Crippen LogP contribution in [-0.4, -0.2) is 15.2 Å². The van der Waals surface area contributed by atoms with Crippen LogP contribution in [0.15, 0.2) is 10.9 Å². The van der Waals surface area contributed by atoms with Crippen LogP contribution in [0.3, 0.4) is 0 Å². The molecule has 12 heavy (non-hydrogen) atoms. The van der Waals surface area contributed by atoms with E-state index in [1.165, 1.54) is 6.07 Å². The highest BCUT2D eigenvalue weighted by molar-refractivity contribution is 6.63. The number of nitrogen functional groups attached to an aromatic ring is 1. The van der Waals surface area contributed by atoms with Gasteiger partial charge >= 0.3 is 0 Å². The van der Waals surface area contributed by atoms with E-state index in [2.05, 4.69) is 9.97 Å². The topological polar surface area (TPSA) is 88.8 Å². The van der Waals surface area contributed by atoms with E-state index in [9.17, 15) is 9.59 Å². The molecule has 0 saturated carbocycles. The Morgan fingerprint density at radius 1 is 1.75 bits per heavy atom. The van der Waals surface area contributed by atoms with Gasteiger partial charge in [0, 0.05) is 6.07 Å². The SMILES string of the molecule is Nc1nc(CC(=O)Cl)cc(=O)[nH]1. The van der Waals surface area contributed by atoms with Gasteiger partial charge in [-0.15, -0.1) is 0 Å². The molecule has 6 heteroatoms. The normalized spacial score (nSPS) is 9.75. The van der Waals surface area contributed by atoms with E-state index in [4.69, 9.17) is 17.3 Å². The number of nitrogens with zero attached hydrogens (tertiary/aromatic N) is 1. The van der Waals surface area contributed by atoms with Crippen molar-refractivity contribution in [3.63, 3.8) is 0 Å². The number of aromatic amines is 1. The molecule has 0 atom stereocenters. The van der Waals surface area contributed by atoms with Gasteiger partial charge in [-0.1, -0.05) is 0 Å². The summed E-state index contributed by atoms with van der Waals surface area (Å²) >= 11 is 5.09. The van der Waals surface area contributed by atoms with Crippen molar-refractivity contribution < 1.29 is 4.79 Å². The molecular weight excluding hydrogens is 182 g/mol. The third kappa shape index (κ3) is 2.35. The van der Waals surface area contributed by atoms with E-state index in [1.807, 2.05) is 0 Å². The lowest BCUT2D eigenvalue weighted by Gasteiger charge is -1.95. The lowest BCUT2D eigenvalue weighted by Crippen LogP contribution is -2.13. The molecule has 0 aromatic carbocycles. The maximum absolute atomic E-state index is 10.8. The maximum atomic E-state index is 10.8. The molecule has 1 aromatic rings. The smallest absolute Gasteiger partial charge is 0.252 e. The summed E-state index contributed by atoms with van der Waals surface area (Å²) in [7, 11) is 0. The quantitative estimate of drug-likeness (QED) is 0.620. The fourth-order valence-electron chi connectivity index (χ4n) is 0.762. The summed E-state index contributed by atoms with van der Waals surface area (Å²) in [6, 6.07) is 1.18. The van der Waals surface area contributed by atoms with Gasteiger partial charge in [-0.05, 0) is 11.6 Å². The average molecular weight is 188 g/mol. The van der Waals surface area contributed by atoms with Crippen molar-refractivity contribution in [1.29, 1.82) is 0 Å². The van der Waals surface area contributed by atoms with Crippen molar-refractivity contribution in [2.45, 2.75) is 6.42 Å². The van der Waals surface area contributed by atoms with Crippen molar-refractivity contribution in [2.24, 2.45) is 0 Å². The monoisotopic (exact) mass is 187 g/mol. The molecule has 0 saturated heterocycles. The van der Waals surface area contributed by atoms with Gasteiger partial charge in [0.1, 0.15) is 0 Å². The average Bonchev–Trinajstić information content (AvgIpc) is 1.81. The molecule has 1 rings (SSSR count). The molecule has 0 fully saturated rings. The van der Waals surface area contributed by atoms with Crippen LogP contribution >= 0.6 is 11.6 Å². The number of halogens is 1. The number of aromatic nitrogens is 2. The molecule has 0 amide bonds. The lowest BCUT2D eigenvalue weighted by molar-refractivity contribution is -0.111. The lowest BCUT2D eigenvalue weighted by atomic mass is 10.3. The molecule has 0 aliphatic rings. The molecule has 5 nitrogen and oxygen atoms in total. The predicted octanol–water partition coefficient (Wildman–Crippen LogP) is -0.340. The largest absolute Gasteiger partial charge is 0.369 e. The second kappa shape index (κ2) is 3.36. The van der Waals surface area contributed by atoms with Crippen molar-refractivity contribution in [1.82, 2.24) is 9.97 Å². The van der Waals surface area contributed by atoms with Crippen LogP contribution in [0.1, 0.15) is 5.69 Å². The van der Waals surface area contributed by atoms with Crippen LogP contribution in [0.25, 0.3) is 0 Å². The molecule has 3 N–H and O–H groups in total. The van der Waals surface area contributed by atoms with Crippen molar-refractivity contribution >= 4 is 22.8 Å². The minimum Gasteiger partial charge on any atom is -0.369 e. The highest BCUT2D eigenvalue weighted by Crippen LogP contribution is 1.96. The number of anilines is 1. The van der Waals surface area contributed by atoms with Gasteiger partial charge in [-0.25, -0.2) is 4.98 Å². The van der Waals surface area contributed by atoms with Crippen LogP contribution in [-0.2, 0) is 11.2 Å². The van der Waals surface area contributed by atoms with Gasteiger partial charge in [0.2, 0.25) is 11.2 Å². The molecule has 64 valence electrons. The van der Waals surface area contributed by atoms with Crippen LogP contribution < -0.4 is 11.3 Å². The van der Waals surface area contributed by atoms with Crippen LogP contribution in [0, 0.1) is 0 Å². The summed E-state index contributed by atoms with van der Waals surface area (Å²) < 4.78 is 0. The maximum Gasteiger partial charge on any atom is 0.252 e. The number of nitrogens with one attached hydrogen (secondary N) is 1. The fourth-order valence-corrected chi connectivity index (χ4v) is 0.898. The third-order valence-electron chi connectivity index (χ3n) is 1.13. The highest BCUT2D eigenvalue weighted by atomic mass is 35.5. The third-order valence-corrected chi connectivity index (χ3v) is 1.27. The van der Waals surface area contributed by atoms with E-state index in [1.54, 1.807) is 0 Å². The molecule has 0 aliphatic heterocycles. The first-order valence-electron chi connectivity index (χ1n) is 3.12. The number of nitrogens with two attached hydrogens (primary N) is 1. The van der Waals surface area contributed by atoms with Crippen LogP contribution in [0.5, 0.6) is 0 Å². The number of carbonyl (C=O) groups excluding carboxylic acids is 1. The number of hydrogen-bond acceptors (Lipinski definition) is 4. The Morgan fingerprint density at radius 2 is 2.42 bits per heavy atom. The van der Waals surface area contributed by atoms with Gasteiger partial charge in [-0.2, -0.15) is 0 Å². The predicted molar refractivity (Wildman–Crippen MR) is 43.8 cm³/mol. The zero-order valence-corrected chi connectivity index (χ0v) is 6.76. The Kier molecular flexibility index (Phi) is 2.44. The Morgan fingerprint density at radius 3 is 2.92 bits per heavy atom. The zero-order valence-electron chi connectivity index (χ0n) is 6.00. The number of carbonyl (C=O) groups is 1. The summed E-state index contributed by atoms with van der Waals surface area (Å²) in [4.78, 5) is 27.1. The van der Waals surface area contributed by atoms with E-state index in [0.717, 1.165) is 0 Å². The Balaban J connectivity index is 3.01. The van der Waals surface area contributed by atoms with Crippen LogP contribution in [0.4, 0.5) is 5.95 Å². The highest BCUT2D eigenvalue weighted by Gasteiger charge is 2.02. The fraction of sp³-hybridized carbons (Fsp3) is 0.167. The minimum absolute atomic E-state index is 0.0181. The Bertz CT molecular complexity index is 360. The van der Waals surface area contributed by atoms with Crippen molar-refractivity contribution in [3.05, 3.63) is 22.1 Å². The Hall–Kier alpha value is -1.36. The molecule has 0 bridgehead atoms.